The monoisotopic (exact) mass is 430 g/mol. The molecule has 0 aliphatic carbocycles. The molecule has 154 valence electrons. The largest absolute Gasteiger partial charge is 0.402 e. The average Bonchev–Trinajstić information content (AvgIpc) is 2.52. The third-order valence-corrected chi connectivity index (χ3v) is 6.35. The molecule has 0 heterocycles. The van der Waals surface area contributed by atoms with E-state index in [9.17, 15) is 34.8 Å². The first-order valence-corrected chi connectivity index (χ1v) is 11.3. The first-order valence-electron chi connectivity index (χ1n) is 8.01. The molecule has 0 aliphatic heterocycles. The lowest BCUT2D eigenvalue weighted by Gasteiger charge is -2.10. The van der Waals surface area contributed by atoms with E-state index >= 15 is 0 Å². The fraction of sp³-hybridized carbons (Fsp3) is 0.533. The molecule has 1 rings (SSSR count). The van der Waals surface area contributed by atoms with Crippen molar-refractivity contribution in [1.82, 2.24) is 4.72 Å². The standard InChI is InChI=1S/C15H21F3N2O5S2/c1-2-3-4-9-26(22,23)10-14(21)20-12-5-7-13(8-6-12)27(24,25)19-11-15(16,17)18/h5-8,19H,2-4,9-11H2,1H3,(H,20,21). The molecule has 7 nitrogen and oxygen atoms in total. The summed E-state index contributed by atoms with van der Waals surface area (Å²) in [5.74, 6) is -1.59. The van der Waals surface area contributed by atoms with Crippen LogP contribution >= 0.6 is 0 Å². The maximum absolute atomic E-state index is 12.1. The SMILES string of the molecule is CCCCCS(=O)(=O)CC(=O)Nc1ccc(S(=O)(=O)NCC(F)(F)F)cc1. The fourth-order valence-corrected chi connectivity index (χ4v) is 4.29. The molecule has 0 spiro atoms. The minimum absolute atomic E-state index is 0.101. The van der Waals surface area contributed by atoms with E-state index in [-0.39, 0.29) is 11.4 Å². The van der Waals surface area contributed by atoms with Gasteiger partial charge in [-0.2, -0.15) is 13.2 Å². The molecular weight excluding hydrogens is 409 g/mol. The van der Waals surface area contributed by atoms with Crippen LogP contribution in [0.3, 0.4) is 0 Å². The third-order valence-electron chi connectivity index (χ3n) is 3.32. The number of unbranched alkanes of at least 4 members (excludes halogenated alkanes) is 2. The van der Waals surface area contributed by atoms with Crippen LogP contribution in [0.1, 0.15) is 26.2 Å². The van der Waals surface area contributed by atoms with Gasteiger partial charge >= 0.3 is 6.18 Å². The number of alkyl halides is 3. The number of hydrogen-bond donors (Lipinski definition) is 2. The fourth-order valence-electron chi connectivity index (χ4n) is 2.02. The van der Waals surface area contributed by atoms with Crippen molar-refractivity contribution >= 4 is 31.5 Å². The van der Waals surface area contributed by atoms with Crippen molar-refractivity contribution in [3.8, 4) is 0 Å². The Morgan fingerprint density at radius 1 is 1.04 bits per heavy atom. The van der Waals surface area contributed by atoms with Gasteiger partial charge in [-0.05, 0) is 30.7 Å². The van der Waals surface area contributed by atoms with Gasteiger partial charge in [0.1, 0.15) is 12.3 Å². The van der Waals surface area contributed by atoms with Crippen LogP contribution in [0.4, 0.5) is 18.9 Å². The molecule has 0 saturated heterocycles. The van der Waals surface area contributed by atoms with Crippen molar-refractivity contribution in [1.29, 1.82) is 0 Å². The summed E-state index contributed by atoms with van der Waals surface area (Å²) < 4.78 is 84.9. The number of hydrogen-bond acceptors (Lipinski definition) is 5. The topological polar surface area (TPSA) is 109 Å². The van der Waals surface area contributed by atoms with Crippen LogP contribution in [0.15, 0.2) is 29.2 Å². The van der Waals surface area contributed by atoms with Crippen molar-refractivity contribution in [2.75, 3.05) is 23.4 Å². The summed E-state index contributed by atoms with van der Waals surface area (Å²) in [6.45, 7) is 0.214. The quantitative estimate of drug-likeness (QED) is 0.553. The molecule has 0 fully saturated rings. The second-order valence-electron chi connectivity index (χ2n) is 5.81. The van der Waals surface area contributed by atoms with Gasteiger partial charge in [0, 0.05) is 5.69 Å². The summed E-state index contributed by atoms with van der Waals surface area (Å²) in [5, 5.41) is 2.31. The first-order chi connectivity index (χ1) is 12.3. The molecule has 1 aromatic carbocycles. The van der Waals surface area contributed by atoms with Gasteiger partial charge in [-0.15, -0.1) is 0 Å². The van der Waals surface area contributed by atoms with Gasteiger partial charge < -0.3 is 5.32 Å². The third kappa shape index (κ3) is 9.20. The van der Waals surface area contributed by atoms with Crippen molar-refractivity contribution in [3.63, 3.8) is 0 Å². The van der Waals surface area contributed by atoms with E-state index in [2.05, 4.69) is 5.32 Å². The smallest absolute Gasteiger partial charge is 0.325 e. The predicted molar refractivity (Wildman–Crippen MR) is 94.5 cm³/mol. The highest BCUT2D eigenvalue weighted by molar-refractivity contribution is 7.92. The van der Waals surface area contributed by atoms with Gasteiger partial charge in [0.2, 0.25) is 15.9 Å². The van der Waals surface area contributed by atoms with Crippen LogP contribution in [-0.4, -0.2) is 47.0 Å². The first kappa shape index (κ1) is 23.4. The van der Waals surface area contributed by atoms with Crippen molar-refractivity contribution < 1.29 is 34.8 Å². The average molecular weight is 430 g/mol. The lowest BCUT2D eigenvalue weighted by Crippen LogP contribution is -2.33. The second-order valence-corrected chi connectivity index (χ2v) is 9.76. The van der Waals surface area contributed by atoms with E-state index in [1.54, 1.807) is 0 Å². The highest BCUT2D eigenvalue weighted by Gasteiger charge is 2.30. The minimum Gasteiger partial charge on any atom is -0.325 e. The maximum atomic E-state index is 12.1. The van der Waals surface area contributed by atoms with Crippen LogP contribution in [0.25, 0.3) is 0 Å². The van der Waals surface area contributed by atoms with Crippen LogP contribution in [-0.2, 0) is 24.7 Å². The van der Waals surface area contributed by atoms with Gasteiger partial charge in [-0.25, -0.2) is 21.6 Å². The lowest BCUT2D eigenvalue weighted by molar-refractivity contribution is -0.121. The Balaban J connectivity index is 2.67. The number of nitrogens with one attached hydrogen (secondary N) is 2. The molecule has 0 radical (unpaired) electrons. The number of anilines is 1. The highest BCUT2D eigenvalue weighted by atomic mass is 32.2. The minimum atomic E-state index is -4.69. The summed E-state index contributed by atoms with van der Waals surface area (Å²) >= 11 is 0. The molecule has 2 N–H and O–H groups in total. The van der Waals surface area contributed by atoms with Gasteiger partial charge in [-0.1, -0.05) is 19.8 Å². The van der Waals surface area contributed by atoms with Crippen LogP contribution < -0.4 is 10.0 Å². The van der Waals surface area contributed by atoms with E-state index in [0.29, 0.717) is 6.42 Å². The summed E-state index contributed by atoms with van der Waals surface area (Å²) in [4.78, 5) is 11.4. The summed E-state index contributed by atoms with van der Waals surface area (Å²) in [6, 6.07) is 4.32. The van der Waals surface area contributed by atoms with Gasteiger partial charge in [0.15, 0.2) is 9.84 Å². The molecule has 0 unspecified atom stereocenters. The number of carbonyl (C=O) groups is 1. The van der Waals surface area contributed by atoms with Gasteiger partial charge in [0.25, 0.3) is 0 Å². The summed E-state index contributed by atoms with van der Waals surface area (Å²) in [5.41, 5.74) is 0.124. The molecule has 0 aliphatic rings. The number of rotatable bonds is 10. The highest BCUT2D eigenvalue weighted by Crippen LogP contribution is 2.17. The van der Waals surface area contributed by atoms with E-state index in [0.717, 1.165) is 37.1 Å². The Bertz CT molecular complexity index is 835. The van der Waals surface area contributed by atoms with E-state index < -0.39 is 49.1 Å². The molecule has 0 bridgehead atoms. The van der Waals surface area contributed by atoms with Crippen LogP contribution in [0.2, 0.25) is 0 Å². The van der Waals surface area contributed by atoms with E-state index in [4.69, 9.17) is 0 Å². The Labute approximate surface area is 156 Å². The molecule has 1 aromatic rings. The Kier molecular flexibility index (Phi) is 8.23. The predicted octanol–water partition coefficient (Wildman–Crippen LogP) is 2.07. The number of sulfonamides is 1. The van der Waals surface area contributed by atoms with Gasteiger partial charge in [0.05, 0.1) is 10.6 Å². The second kappa shape index (κ2) is 9.51. The molecule has 12 heteroatoms. The van der Waals surface area contributed by atoms with Crippen LogP contribution in [0.5, 0.6) is 0 Å². The molecule has 27 heavy (non-hydrogen) atoms. The van der Waals surface area contributed by atoms with E-state index in [1.807, 2.05) is 6.92 Å². The normalized spacial score (nSPS) is 12.7. The molecule has 0 saturated carbocycles. The Hall–Kier alpha value is -1.66. The van der Waals surface area contributed by atoms with E-state index in [1.165, 1.54) is 4.72 Å². The zero-order valence-electron chi connectivity index (χ0n) is 14.5. The van der Waals surface area contributed by atoms with Crippen molar-refractivity contribution in [3.05, 3.63) is 24.3 Å². The number of carbonyl (C=O) groups excluding carboxylic acids is 1. The Morgan fingerprint density at radius 3 is 2.15 bits per heavy atom. The zero-order valence-corrected chi connectivity index (χ0v) is 16.2. The summed E-state index contributed by atoms with van der Waals surface area (Å²) in [7, 11) is -7.91. The molecule has 0 atom stereocenters. The van der Waals surface area contributed by atoms with Crippen molar-refractivity contribution in [2.45, 2.75) is 37.3 Å². The Morgan fingerprint density at radius 2 is 1.63 bits per heavy atom. The number of halogens is 3. The molecule has 1 amide bonds. The number of amides is 1. The lowest BCUT2D eigenvalue weighted by atomic mass is 10.3. The zero-order chi connectivity index (χ0) is 20.7. The van der Waals surface area contributed by atoms with Crippen LogP contribution in [0, 0.1) is 0 Å². The molecular formula is C15H21F3N2O5S2. The number of sulfone groups is 1. The summed E-state index contributed by atoms with van der Waals surface area (Å²) in [6.07, 6.45) is -2.65. The van der Waals surface area contributed by atoms with Crippen molar-refractivity contribution in [2.24, 2.45) is 0 Å². The van der Waals surface area contributed by atoms with Gasteiger partial charge in [-0.3, -0.25) is 4.79 Å². The molecule has 0 aromatic heterocycles. The number of benzene rings is 1. The maximum Gasteiger partial charge on any atom is 0.402 e.